The minimum Gasteiger partial charge on any atom is -0.352 e. The minimum atomic E-state index is -0.0328. The van der Waals surface area contributed by atoms with Gasteiger partial charge in [-0.1, -0.05) is 92.5 Å². The molecule has 64 heavy (non-hydrogen) atoms. The van der Waals surface area contributed by atoms with Crippen molar-refractivity contribution in [1.82, 2.24) is 39.5 Å². The predicted molar refractivity (Wildman–Crippen MR) is 260 cm³/mol. The van der Waals surface area contributed by atoms with Crippen molar-refractivity contribution in [1.29, 1.82) is 0 Å². The van der Waals surface area contributed by atoms with E-state index in [2.05, 4.69) is 100 Å². The predicted octanol–water partition coefficient (Wildman–Crippen LogP) is 8.07. The molecule has 6 aromatic rings. The molecule has 4 aliphatic rings. The molecule has 12 nitrogen and oxygen atoms in total. The molecule has 0 unspecified atom stereocenters. The molecule has 2 saturated carbocycles. The van der Waals surface area contributed by atoms with Gasteiger partial charge in [-0.15, -0.1) is 0 Å². The summed E-state index contributed by atoms with van der Waals surface area (Å²) in [6.07, 6.45) is 5.63. The quantitative estimate of drug-likeness (QED) is 0.0979. The van der Waals surface area contributed by atoms with E-state index in [0.29, 0.717) is 11.8 Å². The third kappa shape index (κ3) is 10.2. The fourth-order valence-electron chi connectivity index (χ4n) is 10.3. The maximum Gasteiger partial charge on any atom is 0.326 e. The highest BCUT2D eigenvalue weighted by atomic mass is 79.9. The third-order valence-corrected chi connectivity index (χ3v) is 14.7. The van der Waals surface area contributed by atoms with E-state index in [-0.39, 0.29) is 59.2 Å². The highest BCUT2D eigenvalue weighted by Gasteiger charge is 2.45. The van der Waals surface area contributed by atoms with Gasteiger partial charge in [0.25, 0.3) is 0 Å². The largest absolute Gasteiger partial charge is 0.352 e. The zero-order valence-electron chi connectivity index (χ0n) is 36.5. The lowest BCUT2D eigenvalue weighted by Gasteiger charge is -2.34. The average molecular weight is 995 g/mol. The maximum absolute atomic E-state index is 12.7. The average Bonchev–Trinajstić information content (AvgIpc) is 4.21. The Morgan fingerprint density at radius 2 is 0.969 bits per heavy atom. The minimum absolute atomic E-state index is 0.0328. The van der Waals surface area contributed by atoms with Crippen molar-refractivity contribution in [3.8, 4) is 0 Å². The van der Waals surface area contributed by atoms with Gasteiger partial charge in [0.2, 0.25) is 11.8 Å². The van der Waals surface area contributed by atoms with Gasteiger partial charge < -0.3 is 30.4 Å². The first-order valence-corrected chi connectivity index (χ1v) is 24.5. The standard InChI is InChI=1S/2C25H29BrN4O2/c2*1-16(27-24(31)21-14-20(21)17-5-3-2-4-6-17)15-29-11-9-19(10-12-29)30-23-8-7-18(26)13-22(23)28-25(30)32/h2*2-8,13,16,19-21H,9-12,14-15H2,1H3,(H,27,31)(H,28,32)/t16-,20+,21-;16-,20-,21+/m00/s1. The van der Waals surface area contributed by atoms with E-state index in [4.69, 9.17) is 0 Å². The summed E-state index contributed by atoms with van der Waals surface area (Å²) >= 11 is 6.94. The highest BCUT2D eigenvalue weighted by molar-refractivity contribution is 9.10. The fourth-order valence-corrected chi connectivity index (χ4v) is 11.0. The van der Waals surface area contributed by atoms with Gasteiger partial charge in [-0.05, 0) is 112 Å². The summed E-state index contributed by atoms with van der Waals surface area (Å²) in [6, 6.07) is 33.2. The number of imidazole rings is 2. The number of amides is 2. The van der Waals surface area contributed by atoms with Crippen LogP contribution < -0.4 is 22.0 Å². The highest BCUT2D eigenvalue weighted by Crippen LogP contribution is 2.48. The van der Waals surface area contributed by atoms with Crippen LogP contribution in [0, 0.1) is 11.8 Å². The molecule has 0 radical (unpaired) electrons. The number of aromatic nitrogens is 4. The molecule has 10 rings (SSSR count). The Balaban J connectivity index is 0.000000162. The number of benzene rings is 4. The normalized spacial score (nSPS) is 22.7. The molecule has 0 spiro atoms. The zero-order chi connectivity index (χ0) is 44.5. The van der Waals surface area contributed by atoms with Gasteiger partial charge in [0.15, 0.2) is 0 Å². The number of hydrogen-bond donors (Lipinski definition) is 4. The van der Waals surface area contributed by atoms with E-state index < -0.39 is 0 Å². The van der Waals surface area contributed by atoms with Crippen molar-refractivity contribution in [3.05, 3.63) is 138 Å². The molecule has 14 heteroatoms. The van der Waals surface area contributed by atoms with E-state index in [1.54, 1.807) is 0 Å². The monoisotopic (exact) mass is 992 g/mol. The number of halogens is 2. The number of aromatic amines is 2. The third-order valence-electron chi connectivity index (χ3n) is 13.8. The van der Waals surface area contributed by atoms with Crippen LogP contribution in [0.25, 0.3) is 22.1 Å². The number of rotatable bonds is 12. The molecule has 2 aromatic heterocycles. The van der Waals surface area contributed by atoms with Crippen molar-refractivity contribution in [3.63, 3.8) is 0 Å². The summed E-state index contributed by atoms with van der Waals surface area (Å²) in [7, 11) is 0. The van der Waals surface area contributed by atoms with Gasteiger partial charge >= 0.3 is 11.4 Å². The Bertz CT molecular complexity index is 2510. The molecular formula is C50H58Br2N8O4. The number of fused-ring (bicyclic) bond motifs is 2. The molecule has 4 heterocycles. The van der Waals surface area contributed by atoms with Crippen LogP contribution in [0.1, 0.15) is 87.4 Å². The molecule has 2 aliphatic heterocycles. The zero-order valence-corrected chi connectivity index (χ0v) is 39.7. The number of H-pyrrole nitrogens is 2. The topological polar surface area (TPSA) is 140 Å². The maximum atomic E-state index is 12.7. The van der Waals surface area contributed by atoms with Crippen LogP contribution in [0.3, 0.4) is 0 Å². The van der Waals surface area contributed by atoms with Crippen molar-refractivity contribution in [2.45, 2.75) is 88.4 Å². The van der Waals surface area contributed by atoms with Gasteiger partial charge in [-0.25, -0.2) is 9.59 Å². The van der Waals surface area contributed by atoms with Crippen molar-refractivity contribution >= 4 is 65.7 Å². The summed E-state index contributed by atoms with van der Waals surface area (Å²) in [5.74, 6) is 1.32. The number of likely N-dealkylation sites (tertiary alicyclic amines) is 2. The molecule has 4 fully saturated rings. The summed E-state index contributed by atoms with van der Waals surface area (Å²) < 4.78 is 5.76. The first kappa shape index (κ1) is 44.4. The van der Waals surface area contributed by atoms with Crippen LogP contribution in [0.15, 0.2) is 116 Å². The van der Waals surface area contributed by atoms with Crippen LogP contribution in [-0.2, 0) is 9.59 Å². The first-order valence-electron chi connectivity index (χ1n) is 22.9. The first-order chi connectivity index (χ1) is 31.0. The molecule has 4 aromatic carbocycles. The van der Waals surface area contributed by atoms with Gasteiger partial charge in [0.05, 0.1) is 22.1 Å². The van der Waals surface area contributed by atoms with Crippen LogP contribution in [-0.4, -0.2) is 92.1 Å². The lowest BCUT2D eigenvalue weighted by Crippen LogP contribution is -2.45. The Morgan fingerprint density at radius 3 is 1.34 bits per heavy atom. The Morgan fingerprint density at radius 1 is 0.594 bits per heavy atom. The second kappa shape index (κ2) is 19.4. The molecule has 2 aliphatic carbocycles. The summed E-state index contributed by atoms with van der Waals surface area (Å²) in [5, 5.41) is 6.44. The van der Waals surface area contributed by atoms with E-state index in [1.165, 1.54) is 11.1 Å². The Labute approximate surface area is 390 Å². The number of nitrogens with one attached hydrogen (secondary N) is 4. The van der Waals surface area contributed by atoms with E-state index in [0.717, 1.165) is 109 Å². The Hall–Kier alpha value is -4.76. The number of nitrogens with zero attached hydrogens (tertiary/aromatic N) is 4. The summed E-state index contributed by atoms with van der Waals surface area (Å²) in [5.41, 5.74) is 6.15. The van der Waals surface area contributed by atoms with E-state index >= 15 is 0 Å². The van der Waals surface area contributed by atoms with E-state index in [1.807, 2.05) is 81.9 Å². The lowest BCUT2D eigenvalue weighted by atomic mass is 10.0. The molecule has 2 saturated heterocycles. The van der Waals surface area contributed by atoms with Gasteiger partial charge in [-0.3, -0.25) is 18.7 Å². The molecule has 6 atom stereocenters. The van der Waals surface area contributed by atoms with Crippen LogP contribution in [0.4, 0.5) is 0 Å². The smallest absolute Gasteiger partial charge is 0.326 e. The van der Waals surface area contributed by atoms with Crippen LogP contribution in [0.5, 0.6) is 0 Å². The van der Waals surface area contributed by atoms with Crippen molar-refractivity contribution in [2.75, 3.05) is 39.3 Å². The van der Waals surface area contributed by atoms with Crippen LogP contribution in [0.2, 0.25) is 0 Å². The molecule has 0 bridgehead atoms. The second-order valence-corrected chi connectivity index (χ2v) is 20.4. The molecule has 4 N–H and O–H groups in total. The second-order valence-electron chi connectivity index (χ2n) is 18.5. The SMILES string of the molecule is C[C@@H](CN1CCC(n2c(=O)[nH]c3cc(Br)ccc32)CC1)NC(=O)[C@@H]1C[C@H]1c1ccccc1.C[C@@H](CN1CCC(n2c(=O)[nH]c3cc(Br)ccc32)CC1)NC(=O)[C@H]1C[C@@H]1c1ccccc1. The number of carbonyl (C=O) groups is 2. The fraction of sp³-hybridized carbons (Fsp3) is 0.440. The number of carbonyl (C=O) groups excluding carboxylic acids is 2. The molecule has 336 valence electrons. The number of piperidine rings is 2. The van der Waals surface area contributed by atoms with Gasteiger partial charge in [0, 0.05) is 84.2 Å². The molecular weight excluding hydrogens is 936 g/mol. The van der Waals surface area contributed by atoms with E-state index in [9.17, 15) is 19.2 Å². The van der Waals surface area contributed by atoms with Crippen LogP contribution >= 0.6 is 31.9 Å². The summed E-state index contributed by atoms with van der Waals surface area (Å²) in [4.78, 5) is 61.2. The Kier molecular flexibility index (Phi) is 13.5. The number of hydrogen-bond acceptors (Lipinski definition) is 6. The van der Waals surface area contributed by atoms with Gasteiger partial charge in [0.1, 0.15) is 0 Å². The van der Waals surface area contributed by atoms with Gasteiger partial charge in [-0.2, -0.15) is 0 Å². The molecule has 2 amide bonds. The van der Waals surface area contributed by atoms with Crippen molar-refractivity contribution < 1.29 is 9.59 Å². The lowest BCUT2D eigenvalue weighted by molar-refractivity contribution is -0.124. The van der Waals surface area contributed by atoms with Crippen molar-refractivity contribution in [2.24, 2.45) is 11.8 Å². The summed E-state index contributed by atoms with van der Waals surface area (Å²) in [6.45, 7) is 9.58.